The van der Waals surface area contributed by atoms with E-state index < -0.39 is 6.09 Å². The van der Waals surface area contributed by atoms with Crippen LogP contribution < -0.4 is 4.74 Å². The first kappa shape index (κ1) is 23.3. The number of rotatable bonds is 7. The molecular weight excluding hydrogens is 444 g/mol. The monoisotopic (exact) mass is 476 g/mol. The van der Waals surface area contributed by atoms with Crippen LogP contribution in [0, 0.1) is 12.3 Å². The number of amides is 1. The average molecular weight is 477 g/mol. The molecule has 1 amide bonds. The molecule has 2 fully saturated rings. The quantitative estimate of drug-likeness (QED) is 0.497. The molecule has 0 N–H and O–H groups in total. The average Bonchev–Trinajstić information content (AvgIpc) is 3.37. The van der Waals surface area contributed by atoms with Gasteiger partial charge in [0.1, 0.15) is 29.8 Å². The zero-order valence-corrected chi connectivity index (χ0v) is 20.6. The number of carbonyl (C=O) groups excluding carboxylic acids is 1. The fourth-order valence-corrected chi connectivity index (χ4v) is 5.02. The van der Waals surface area contributed by atoms with Gasteiger partial charge in [-0.15, -0.1) is 5.10 Å². The van der Waals surface area contributed by atoms with Crippen LogP contribution in [0.1, 0.15) is 55.5 Å². The number of hydrogen-bond acceptors (Lipinski definition) is 7. The maximum atomic E-state index is 12.5. The van der Waals surface area contributed by atoms with E-state index in [1.165, 1.54) is 37.0 Å². The molecular formula is C26H32N6O3. The molecule has 2 aliphatic carbocycles. The van der Waals surface area contributed by atoms with Gasteiger partial charge < -0.3 is 14.4 Å². The highest BCUT2D eigenvalue weighted by atomic mass is 16.6. The summed E-state index contributed by atoms with van der Waals surface area (Å²) in [6.45, 7) is 2.41. The van der Waals surface area contributed by atoms with Gasteiger partial charge in [-0.05, 0) is 49.9 Å². The van der Waals surface area contributed by atoms with Gasteiger partial charge in [0.25, 0.3) is 0 Å². The Hall–Kier alpha value is -3.49. The highest BCUT2D eigenvalue weighted by Crippen LogP contribution is 2.58. The van der Waals surface area contributed by atoms with Crippen molar-refractivity contribution in [2.24, 2.45) is 12.5 Å². The van der Waals surface area contributed by atoms with Gasteiger partial charge in [-0.1, -0.05) is 30.5 Å². The van der Waals surface area contributed by atoms with Crippen LogP contribution in [0.2, 0.25) is 0 Å². The standard InChI is InChI=1S/C26H32N6O3/c1-18-22(35-23-14-26(23)11-5-4-6-12-26)10-9-20(28-18)24-21(32(3)30-29-24)17-34-25(33)31(2)16-19-8-7-13-27-15-19/h7-10,13,15,23H,4-6,11-12,14,16-17H2,1-3H3. The number of aryl methyl sites for hydroxylation is 2. The summed E-state index contributed by atoms with van der Waals surface area (Å²) >= 11 is 0. The Bertz CT molecular complexity index is 1190. The molecule has 2 aliphatic rings. The van der Waals surface area contributed by atoms with Gasteiger partial charge in [0.2, 0.25) is 0 Å². The molecule has 35 heavy (non-hydrogen) atoms. The molecule has 2 saturated carbocycles. The van der Waals surface area contributed by atoms with Crippen LogP contribution in [0.15, 0.2) is 36.7 Å². The third-order valence-corrected chi connectivity index (χ3v) is 7.24. The molecule has 1 spiro atoms. The van der Waals surface area contributed by atoms with Crippen LogP contribution in [0.25, 0.3) is 11.4 Å². The van der Waals surface area contributed by atoms with Crippen molar-refractivity contribution >= 4 is 6.09 Å². The largest absolute Gasteiger partial charge is 0.488 e. The zero-order valence-electron chi connectivity index (χ0n) is 20.6. The Balaban J connectivity index is 1.23. The fourth-order valence-electron chi connectivity index (χ4n) is 5.02. The first-order chi connectivity index (χ1) is 16.9. The summed E-state index contributed by atoms with van der Waals surface area (Å²) in [6, 6.07) is 7.63. The molecule has 0 aliphatic heterocycles. The summed E-state index contributed by atoms with van der Waals surface area (Å²) in [7, 11) is 3.47. The number of pyridine rings is 2. The number of aromatic nitrogens is 5. The lowest BCUT2D eigenvalue weighted by Crippen LogP contribution is -2.27. The van der Waals surface area contributed by atoms with Gasteiger partial charge in [0, 0.05) is 31.9 Å². The number of carbonyl (C=O) groups is 1. The Morgan fingerprint density at radius 2 is 2.06 bits per heavy atom. The normalized spacial score (nSPS) is 18.3. The van der Waals surface area contributed by atoms with E-state index in [0.717, 1.165) is 23.4 Å². The second-order valence-corrected chi connectivity index (χ2v) is 9.79. The first-order valence-corrected chi connectivity index (χ1v) is 12.3. The van der Waals surface area contributed by atoms with Crippen LogP contribution in [0.4, 0.5) is 4.79 Å². The number of ether oxygens (including phenoxy) is 2. The molecule has 9 heteroatoms. The number of hydrogen-bond donors (Lipinski definition) is 0. The van der Waals surface area contributed by atoms with E-state index in [1.54, 1.807) is 31.2 Å². The minimum atomic E-state index is -0.435. The van der Waals surface area contributed by atoms with E-state index in [0.29, 0.717) is 35.1 Å². The van der Waals surface area contributed by atoms with Crippen molar-refractivity contribution in [3.8, 4) is 17.1 Å². The second-order valence-electron chi connectivity index (χ2n) is 9.79. The van der Waals surface area contributed by atoms with E-state index in [1.807, 2.05) is 31.2 Å². The van der Waals surface area contributed by atoms with Crippen molar-refractivity contribution in [1.82, 2.24) is 29.9 Å². The van der Waals surface area contributed by atoms with Crippen molar-refractivity contribution in [1.29, 1.82) is 0 Å². The van der Waals surface area contributed by atoms with Gasteiger partial charge in [-0.25, -0.2) is 14.5 Å². The van der Waals surface area contributed by atoms with Gasteiger partial charge in [-0.2, -0.15) is 0 Å². The smallest absolute Gasteiger partial charge is 0.410 e. The summed E-state index contributed by atoms with van der Waals surface area (Å²) in [6.07, 6.45) is 11.0. The zero-order chi connectivity index (χ0) is 24.4. The van der Waals surface area contributed by atoms with Crippen molar-refractivity contribution in [3.63, 3.8) is 0 Å². The van der Waals surface area contributed by atoms with Crippen molar-refractivity contribution < 1.29 is 14.3 Å². The SMILES string of the molecule is Cc1nc(-c2nnn(C)c2COC(=O)N(C)Cc2cccnc2)ccc1OC1CC12CCCCC2. The van der Waals surface area contributed by atoms with E-state index >= 15 is 0 Å². The summed E-state index contributed by atoms with van der Waals surface area (Å²) < 4.78 is 13.5. The molecule has 184 valence electrons. The van der Waals surface area contributed by atoms with Crippen molar-refractivity contribution in [2.45, 2.75) is 64.7 Å². The second kappa shape index (κ2) is 9.64. The Morgan fingerprint density at radius 3 is 2.80 bits per heavy atom. The molecule has 9 nitrogen and oxygen atoms in total. The lowest BCUT2D eigenvalue weighted by Gasteiger charge is -2.22. The fraction of sp³-hybridized carbons (Fsp3) is 0.500. The van der Waals surface area contributed by atoms with Gasteiger partial charge in [0.15, 0.2) is 0 Å². The lowest BCUT2D eigenvalue weighted by molar-refractivity contribution is 0.100. The highest BCUT2D eigenvalue weighted by Gasteiger charge is 2.56. The molecule has 0 radical (unpaired) electrons. The van der Waals surface area contributed by atoms with E-state index in [2.05, 4.69) is 15.3 Å². The van der Waals surface area contributed by atoms with Crippen LogP contribution in [0.3, 0.4) is 0 Å². The molecule has 1 unspecified atom stereocenters. The molecule has 1 atom stereocenters. The predicted molar refractivity (Wildman–Crippen MR) is 129 cm³/mol. The van der Waals surface area contributed by atoms with Gasteiger partial charge in [-0.3, -0.25) is 4.98 Å². The topological polar surface area (TPSA) is 95.3 Å². The van der Waals surface area contributed by atoms with Crippen LogP contribution in [-0.4, -0.2) is 49.1 Å². The summed E-state index contributed by atoms with van der Waals surface area (Å²) in [4.78, 5) is 22.9. The van der Waals surface area contributed by atoms with Crippen LogP contribution in [-0.2, 0) is 24.9 Å². The van der Waals surface area contributed by atoms with Gasteiger partial charge in [0.05, 0.1) is 17.9 Å². The maximum Gasteiger partial charge on any atom is 0.410 e. The lowest BCUT2D eigenvalue weighted by atomic mass is 9.86. The van der Waals surface area contributed by atoms with E-state index in [-0.39, 0.29) is 6.61 Å². The third kappa shape index (κ3) is 4.99. The summed E-state index contributed by atoms with van der Waals surface area (Å²) in [5.41, 5.74) is 4.11. The van der Waals surface area contributed by atoms with Crippen molar-refractivity contribution in [3.05, 3.63) is 53.6 Å². The van der Waals surface area contributed by atoms with Crippen LogP contribution >= 0.6 is 0 Å². The molecule has 0 bridgehead atoms. The third-order valence-electron chi connectivity index (χ3n) is 7.24. The molecule has 3 aromatic heterocycles. The molecule has 3 aromatic rings. The van der Waals surface area contributed by atoms with Crippen LogP contribution in [0.5, 0.6) is 5.75 Å². The van der Waals surface area contributed by atoms with Crippen molar-refractivity contribution in [2.75, 3.05) is 7.05 Å². The predicted octanol–water partition coefficient (Wildman–Crippen LogP) is 4.45. The van der Waals surface area contributed by atoms with Gasteiger partial charge >= 0.3 is 6.09 Å². The first-order valence-electron chi connectivity index (χ1n) is 12.3. The maximum absolute atomic E-state index is 12.5. The summed E-state index contributed by atoms with van der Waals surface area (Å²) in [5.74, 6) is 0.829. The Labute approximate surface area is 205 Å². The number of nitrogens with zero attached hydrogens (tertiary/aromatic N) is 6. The minimum absolute atomic E-state index is 0.0403. The van der Waals surface area contributed by atoms with E-state index in [9.17, 15) is 4.79 Å². The molecule has 3 heterocycles. The Kier molecular flexibility index (Phi) is 6.40. The highest BCUT2D eigenvalue weighted by molar-refractivity contribution is 5.67. The molecule has 0 saturated heterocycles. The minimum Gasteiger partial charge on any atom is -0.488 e. The van der Waals surface area contributed by atoms with E-state index in [4.69, 9.17) is 14.5 Å². The molecule has 5 rings (SSSR count). The Morgan fingerprint density at radius 1 is 1.23 bits per heavy atom. The molecule has 0 aromatic carbocycles. The summed E-state index contributed by atoms with van der Waals surface area (Å²) in [5, 5.41) is 8.42.